The van der Waals surface area contributed by atoms with Crippen LogP contribution in [0, 0.1) is 23.7 Å². The second-order valence-corrected chi connectivity index (χ2v) is 4.58. The van der Waals surface area contributed by atoms with Gasteiger partial charge in [-0.05, 0) is 31.0 Å². The lowest BCUT2D eigenvalue weighted by Gasteiger charge is -2.11. The Morgan fingerprint density at radius 2 is 2.23 bits per heavy atom. The van der Waals surface area contributed by atoms with E-state index in [4.69, 9.17) is 21.2 Å². The van der Waals surface area contributed by atoms with Crippen molar-refractivity contribution in [1.82, 2.24) is 5.32 Å². The number of carbonyl (C=O) groups excluding carboxylic acids is 1. The Hall–Kier alpha value is -2.66. The largest absolute Gasteiger partial charge is 0.493 e. The Bertz CT molecular complexity index is 585. The first-order valence-electron chi connectivity index (χ1n) is 7.06. The van der Waals surface area contributed by atoms with Crippen LogP contribution in [-0.4, -0.2) is 25.7 Å². The third-order valence-corrected chi connectivity index (χ3v) is 2.98. The topological polar surface area (TPSA) is 71.4 Å². The second-order valence-electron chi connectivity index (χ2n) is 4.58. The van der Waals surface area contributed by atoms with Gasteiger partial charge in [-0.25, -0.2) is 0 Å². The maximum absolute atomic E-state index is 11.8. The third kappa shape index (κ3) is 5.38. The molecule has 0 radical (unpaired) electrons. The van der Waals surface area contributed by atoms with Gasteiger partial charge < -0.3 is 14.8 Å². The lowest BCUT2D eigenvalue weighted by Crippen LogP contribution is -2.33. The quantitative estimate of drug-likeness (QED) is 0.746. The minimum Gasteiger partial charge on any atom is -0.493 e. The predicted octanol–water partition coefficient (Wildman–Crippen LogP) is 2.06. The molecule has 0 heterocycles. The smallest absolute Gasteiger partial charge is 0.221 e. The molecule has 0 fully saturated rings. The molecule has 0 spiro atoms. The van der Waals surface area contributed by atoms with Crippen LogP contribution in [0.2, 0.25) is 0 Å². The molecule has 1 aromatic rings. The van der Waals surface area contributed by atoms with E-state index in [0.29, 0.717) is 24.5 Å². The average Bonchev–Trinajstić information content (AvgIpc) is 2.53. The average molecular weight is 300 g/mol. The molecule has 5 heteroatoms. The fourth-order valence-corrected chi connectivity index (χ4v) is 1.91. The number of ether oxygens (including phenoxy) is 2. The Kier molecular flexibility index (Phi) is 7.36. The number of methoxy groups -OCH3 is 1. The highest BCUT2D eigenvalue weighted by molar-refractivity contribution is 5.77. The maximum Gasteiger partial charge on any atom is 0.221 e. The zero-order chi connectivity index (χ0) is 16.4. The van der Waals surface area contributed by atoms with E-state index < -0.39 is 6.04 Å². The van der Waals surface area contributed by atoms with Gasteiger partial charge in [-0.1, -0.05) is 6.07 Å². The first-order chi connectivity index (χ1) is 10.6. The molecule has 1 unspecified atom stereocenters. The summed E-state index contributed by atoms with van der Waals surface area (Å²) in [6, 6.07) is 6.90. The molecule has 0 aromatic heterocycles. The monoisotopic (exact) mass is 300 g/mol. The van der Waals surface area contributed by atoms with Crippen molar-refractivity contribution >= 4 is 5.91 Å². The Balaban J connectivity index is 2.59. The number of benzene rings is 1. The summed E-state index contributed by atoms with van der Waals surface area (Å²) in [7, 11) is 1.58. The highest BCUT2D eigenvalue weighted by Gasteiger charge is 2.11. The van der Waals surface area contributed by atoms with E-state index in [0.717, 1.165) is 5.56 Å². The molecule has 0 saturated carbocycles. The molecule has 0 bridgehead atoms. The van der Waals surface area contributed by atoms with Crippen LogP contribution in [0.4, 0.5) is 0 Å². The highest BCUT2D eigenvalue weighted by Crippen LogP contribution is 2.28. The molecule has 1 rings (SSSR count). The molecule has 22 heavy (non-hydrogen) atoms. The van der Waals surface area contributed by atoms with E-state index in [1.54, 1.807) is 7.11 Å². The Morgan fingerprint density at radius 1 is 1.45 bits per heavy atom. The van der Waals surface area contributed by atoms with Crippen LogP contribution in [0.15, 0.2) is 18.2 Å². The number of nitriles is 1. The van der Waals surface area contributed by atoms with E-state index in [9.17, 15) is 4.79 Å². The summed E-state index contributed by atoms with van der Waals surface area (Å²) >= 11 is 0. The van der Waals surface area contributed by atoms with Crippen LogP contribution in [0.25, 0.3) is 0 Å². The predicted molar refractivity (Wildman–Crippen MR) is 83.5 cm³/mol. The molecule has 0 aliphatic heterocycles. The summed E-state index contributed by atoms with van der Waals surface area (Å²) in [4.78, 5) is 11.8. The van der Waals surface area contributed by atoms with Crippen molar-refractivity contribution in [2.24, 2.45) is 0 Å². The van der Waals surface area contributed by atoms with Gasteiger partial charge >= 0.3 is 0 Å². The number of amides is 1. The van der Waals surface area contributed by atoms with Gasteiger partial charge in [0, 0.05) is 12.8 Å². The summed E-state index contributed by atoms with van der Waals surface area (Å²) in [6.07, 6.45) is 6.17. The van der Waals surface area contributed by atoms with Crippen LogP contribution in [0.1, 0.15) is 25.3 Å². The Morgan fingerprint density at radius 3 is 2.82 bits per heavy atom. The molecule has 1 atom stereocenters. The summed E-state index contributed by atoms with van der Waals surface area (Å²) in [6.45, 7) is 2.46. The van der Waals surface area contributed by atoms with E-state index in [1.807, 2.05) is 31.2 Å². The van der Waals surface area contributed by atoms with Gasteiger partial charge in [0.2, 0.25) is 5.91 Å². The van der Waals surface area contributed by atoms with Gasteiger partial charge in [-0.2, -0.15) is 5.26 Å². The third-order valence-electron chi connectivity index (χ3n) is 2.98. The van der Waals surface area contributed by atoms with Gasteiger partial charge in [0.25, 0.3) is 0 Å². The zero-order valence-electron chi connectivity index (χ0n) is 12.9. The van der Waals surface area contributed by atoms with Gasteiger partial charge in [0.05, 0.1) is 19.8 Å². The molecular formula is C17H20N2O3. The van der Waals surface area contributed by atoms with E-state index in [2.05, 4.69) is 11.2 Å². The minimum absolute atomic E-state index is 0.199. The van der Waals surface area contributed by atoms with E-state index in [1.165, 1.54) is 0 Å². The normalized spacial score (nSPS) is 10.9. The van der Waals surface area contributed by atoms with Crippen LogP contribution in [-0.2, 0) is 11.2 Å². The van der Waals surface area contributed by atoms with Gasteiger partial charge in [-0.15, -0.1) is 12.3 Å². The van der Waals surface area contributed by atoms with Crippen molar-refractivity contribution in [2.45, 2.75) is 32.2 Å². The number of hydrogen-bond donors (Lipinski definition) is 1. The van der Waals surface area contributed by atoms with Crippen molar-refractivity contribution in [3.05, 3.63) is 23.8 Å². The first kappa shape index (κ1) is 17.4. The van der Waals surface area contributed by atoms with Gasteiger partial charge in [-0.3, -0.25) is 4.79 Å². The summed E-state index contributed by atoms with van der Waals surface area (Å²) < 4.78 is 10.7. The molecule has 1 amide bonds. The van der Waals surface area contributed by atoms with Crippen LogP contribution >= 0.6 is 0 Å². The SMILES string of the molecule is C#CCC(C#N)NC(=O)CCc1ccc(OCC)c(OC)c1. The van der Waals surface area contributed by atoms with Crippen molar-refractivity contribution in [3.8, 4) is 29.9 Å². The zero-order valence-corrected chi connectivity index (χ0v) is 12.9. The van der Waals surface area contributed by atoms with Crippen LogP contribution in [0.5, 0.6) is 11.5 Å². The fourth-order valence-electron chi connectivity index (χ4n) is 1.91. The molecule has 1 N–H and O–H groups in total. The molecule has 1 aromatic carbocycles. The maximum atomic E-state index is 11.8. The number of hydrogen-bond acceptors (Lipinski definition) is 4. The molecule has 5 nitrogen and oxygen atoms in total. The number of aryl methyl sites for hydroxylation is 1. The Labute approximate surface area is 131 Å². The molecule has 0 aliphatic carbocycles. The van der Waals surface area contributed by atoms with Gasteiger partial charge in [0.15, 0.2) is 11.5 Å². The molecule has 0 aliphatic rings. The summed E-state index contributed by atoms with van der Waals surface area (Å²) in [5.74, 6) is 3.48. The van der Waals surface area contributed by atoms with Crippen molar-refractivity contribution in [1.29, 1.82) is 5.26 Å². The highest BCUT2D eigenvalue weighted by atomic mass is 16.5. The molecule has 116 valence electrons. The standard InChI is InChI=1S/C17H20N2O3/c1-4-6-14(12-18)19-17(20)10-8-13-7-9-15(22-5-2)16(11-13)21-3/h1,7,9,11,14H,5-6,8,10H2,2-3H3,(H,19,20). The second kappa shape index (κ2) is 9.31. The van der Waals surface area contributed by atoms with Crippen LogP contribution < -0.4 is 14.8 Å². The number of nitrogens with one attached hydrogen (secondary N) is 1. The van der Waals surface area contributed by atoms with E-state index in [-0.39, 0.29) is 18.7 Å². The number of terminal acetylenes is 1. The lowest BCUT2D eigenvalue weighted by molar-refractivity contribution is -0.121. The lowest BCUT2D eigenvalue weighted by atomic mass is 10.1. The summed E-state index contributed by atoms with van der Waals surface area (Å²) in [5.41, 5.74) is 0.959. The first-order valence-corrected chi connectivity index (χ1v) is 7.06. The van der Waals surface area contributed by atoms with Crippen molar-refractivity contribution in [3.63, 3.8) is 0 Å². The van der Waals surface area contributed by atoms with Crippen molar-refractivity contribution in [2.75, 3.05) is 13.7 Å². The van der Waals surface area contributed by atoms with Crippen LogP contribution in [0.3, 0.4) is 0 Å². The summed E-state index contributed by atoms with van der Waals surface area (Å²) in [5, 5.41) is 11.4. The van der Waals surface area contributed by atoms with E-state index >= 15 is 0 Å². The number of carbonyl (C=O) groups is 1. The fraction of sp³-hybridized carbons (Fsp3) is 0.412. The molecular weight excluding hydrogens is 280 g/mol. The van der Waals surface area contributed by atoms with Crippen molar-refractivity contribution < 1.29 is 14.3 Å². The van der Waals surface area contributed by atoms with Gasteiger partial charge in [0.1, 0.15) is 6.04 Å². The minimum atomic E-state index is -0.632. The number of nitrogens with zero attached hydrogens (tertiary/aromatic N) is 1. The molecule has 0 saturated heterocycles. The number of rotatable bonds is 8.